The van der Waals surface area contributed by atoms with Crippen molar-refractivity contribution >= 4 is 17.0 Å². The number of aryl methyl sites for hydroxylation is 1. The number of nitrogens with one attached hydrogen (secondary N) is 1. The molecule has 0 amide bonds. The maximum absolute atomic E-state index is 10.4. The number of aliphatic hydroxyl groups is 3. The van der Waals surface area contributed by atoms with Gasteiger partial charge in [-0.2, -0.15) is 0 Å². The Kier molecular flexibility index (Phi) is 4.78. The number of ether oxygens (including phenoxy) is 1. The highest BCUT2D eigenvalue weighted by molar-refractivity contribution is 5.83. The van der Waals surface area contributed by atoms with Crippen LogP contribution in [-0.2, 0) is 11.2 Å². The minimum atomic E-state index is -1.17. The third kappa shape index (κ3) is 2.84. The zero-order chi connectivity index (χ0) is 18.3. The topological polar surface area (TPSA) is 126 Å². The van der Waals surface area contributed by atoms with E-state index in [0.29, 0.717) is 35.3 Å². The second-order valence-electron chi connectivity index (χ2n) is 7.00. The number of imidazole rings is 1. The highest BCUT2D eigenvalue weighted by Crippen LogP contribution is 2.34. The second-order valence-corrected chi connectivity index (χ2v) is 7.00. The summed E-state index contributed by atoms with van der Waals surface area (Å²) in [5.74, 6) is 1.37. The van der Waals surface area contributed by atoms with E-state index < -0.39 is 24.5 Å². The van der Waals surface area contributed by atoms with Gasteiger partial charge in [0.05, 0.1) is 6.61 Å². The van der Waals surface area contributed by atoms with E-state index in [-0.39, 0.29) is 6.61 Å². The molecule has 3 heterocycles. The molecular weight excluding hydrogens is 338 g/mol. The van der Waals surface area contributed by atoms with Crippen LogP contribution < -0.4 is 5.32 Å². The average Bonchev–Trinajstić information content (AvgIpc) is 3.35. The molecule has 4 rings (SSSR count). The fourth-order valence-electron chi connectivity index (χ4n) is 3.93. The molecule has 9 nitrogen and oxygen atoms in total. The molecule has 9 heteroatoms. The number of nitrogens with zero attached hydrogens (tertiary/aromatic N) is 4. The van der Waals surface area contributed by atoms with Crippen molar-refractivity contribution in [2.45, 2.75) is 69.6 Å². The van der Waals surface area contributed by atoms with E-state index in [1.165, 1.54) is 19.2 Å². The van der Waals surface area contributed by atoms with Gasteiger partial charge < -0.3 is 25.4 Å². The molecule has 1 saturated heterocycles. The van der Waals surface area contributed by atoms with Gasteiger partial charge in [-0.3, -0.25) is 4.57 Å². The first kappa shape index (κ1) is 17.6. The van der Waals surface area contributed by atoms with Gasteiger partial charge in [0, 0.05) is 12.5 Å². The Morgan fingerprint density at radius 1 is 1.23 bits per heavy atom. The number of hydrogen-bond acceptors (Lipinski definition) is 8. The molecule has 1 saturated carbocycles. The third-order valence-corrected chi connectivity index (χ3v) is 5.33. The molecule has 142 valence electrons. The maximum atomic E-state index is 10.4. The van der Waals surface area contributed by atoms with E-state index in [1.807, 2.05) is 6.92 Å². The van der Waals surface area contributed by atoms with Gasteiger partial charge in [-0.25, -0.2) is 15.0 Å². The van der Waals surface area contributed by atoms with Crippen LogP contribution in [0.15, 0.2) is 6.33 Å². The summed E-state index contributed by atoms with van der Waals surface area (Å²) in [6, 6.07) is 0.386. The lowest BCUT2D eigenvalue weighted by Gasteiger charge is -2.19. The van der Waals surface area contributed by atoms with Crippen LogP contribution in [0.4, 0.5) is 5.82 Å². The molecule has 2 aromatic rings. The Balaban J connectivity index is 1.75. The first-order valence-corrected chi connectivity index (χ1v) is 9.24. The molecule has 2 aliphatic rings. The van der Waals surface area contributed by atoms with Crippen LogP contribution in [-0.4, -0.2) is 65.8 Å². The lowest BCUT2D eigenvalue weighted by atomic mass is 10.1. The molecule has 2 fully saturated rings. The molecule has 4 atom stereocenters. The van der Waals surface area contributed by atoms with Crippen LogP contribution in [0.25, 0.3) is 11.2 Å². The van der Waals surface area contributed by atoms with Crippen molar-refractivity contribution in [2.24, 2.45) is 0 Å². The van der Waals surface area contributed by atoms with Gasteiger partial charge in [0.15, 0.2) is 23.2 Å². The number of fused-ring (bicyclic) bond motifs is 1. The van der Waals surface area contributed by atoms with Gasteiger partial charge in [0.25, 0.3) is 0 Å². The quantitative estimate of drug-likeness (QED) is 0.600. The zero-order valence-corrected chi connectivity index (χ0v) is 14.7. The summed E-state index contributed by atoms with van der Waals surface area (Å²) >= 11 is 0. The standard InChI is InChI=1S/C17H25N5O4/c1-2-11-21-12-15(20-9-5-3-4-6-9)18-8-19-16(12)22(11)17-14(25)13(24)10(7-23)26-17/h8-10,13-14,17,23-25H,2-7H2,1H3,(H,18,19,20)/t10-,13-,14-,17-/m1/s1. The summed E-state index contributed by atoms with van der Waals surface area (Å²) in [7, 11) is 0. The number of rotatable bonds is 5. The molecule has 0 bridgehead atoms. The largest absolute Gasteiger partial charge is 0.394 e. The van der Waals surface area contributed by atoms with Crippen molar-refractivity contribution in [3.8, 4) is 0 Å². The molecule has 26 heavy (non-hydrogen) atoms. The van der Waals surface area contributed by atoms with Gasteiger partial charge in [-0.1, -0.05) is 19.8 Å². The molecule has 0 unspecified atom stereocenters. The molecule has 2 aromatic heterocycles. The first-order chi connectivity index (χ1) is 12.6. The van der Waals surface area contributed by atoms with Crippen molar-refractivity contribution in [1.82, 2.24) is 19.5 Å². The van der Waals surface area contributed by atoms with E-state index in [2.05, 4.69) is 20.3 Å². The monoisotopic (exact) mass is 363 g/mol. The average molecular weight is 363 g/mol. The number of aliphatic hydroxyl groups excluding tert-OH is 3. The number of anilines is 1. The van der Waals surface area contributed by atoms with Gasteiger partial charge in [0.1, 0.15) is 30.5 Å². The second kappa shape index (κ2) is 7.07. The van der Waals surface area contributed by atoms with Crippen molar-refractivity contribution in [1.29, 1.82) is 0 Å². The summed E-state index contributed by atoms with van der Waals surface area (Å²) in [6.07, 6.45) is 2.70. The molecule has 0 radical (unpaired) electrons. The minimum Gasteiger partial charge on any atom is -0.394 e. The fraction of sp³-hybridized carbons (Fsp3) is 0.706. The van der Waals surface area contributed by atoms with Crippen molar-refractivity contribution in [2.75, 3.05) is 11.9 Å². The van der Waals surface area contributed by atoms with E-state index in [1.54, 1.807) is 4.57 Å². The van der Waals surface area contributed by atoms with Crippen molar-refractivity contribution in [3.05, 3.63) is 12.2 Å². The summed E-state index contributed by atoms with van der Waals surface area (Å²) in [5.41, 5.74) is 1.18. The minimum absolute atomic E-state index is 0.369. The van der Waals surface area contributed by atoms with Crippen LogP contribution in [0, 0.1) is 0 Å². The Morgan fingerprint density at radius 3 is 2.65 bits per heavy atom. The van der Waals surface area contributed by atoms with Crippen molar-refractivity contribution in [3.63, 3.8) is 0 Å². The zero-order valence-electron chi connectivity index (χ0n) is 14.7. The van der Waals surface area contributed by atoms with E-state index >= 15 is 0 Å². The molecular formula is C17H25N5O4. The summed E-state index contributed by atoms with van der Waals surface area (Å²) < 4.78 is 7.40. The smallest absolute Gasteiger partial charge is 0.167 e. The predicted molar refractivity (Wildman–Crippen MR) is 93.6 cm³/mol. The van der Waals surface area contributed by atoms with Crippen LogP contribution in [0.2, 0.25) is 0 Å². The number of hydrogen-bond donors (Lipinski definition) is 4. The summed E-state index contributed by atoms with van der Waals surface area (Å²) in [6.45, 7) is 1.59. The van der Waals surface area contributed by atoms with E-state index in [4.69, 9.17) is 4.74 Å². The maximum Gasteiger partial charge on any atom is 0.167 e. The Morgan fingerprint density at radius 2 is 2.00 bits per heavy atom. The Bertz CT molecular complexity index is 776. The van der Waals surface area contributed by atoms with E-state index in [0.717, 1.165) is 12.8 Å². The van der Waals surface area contributed by atoms with Crippen LogP contribution >= 0.6 is 0 Å². The van der Waals surface area contributed by atoms with E-state index in [9.17, 15) is 15.3 Å². The third-order valence-electron chi connectivity index (χ3n) is 5.33. The van der Waals surface area contributed by atoms with Gasteiger partial charge in [-0.15, -0.1) is 0 Å². The lowest BCUT2D eigenvalue weighted by molar-refractivity contribution is -0.0522. The van der Waals surface area contributed by atoms with Crippen molar-refractivity contribution < 1.29 is 20.1 Å². The Hall–Kier alpha value is -1.81. The Labute approximate surface area is 151 Å². The number of aromatic nitrogens is 4. The fourth-order valence-corrected chi connectivity index (χ4v) is 3.93. The highest BCUT2D eigenvalue weighted by Gasteiger charge is 2.44. The van der Waals surface area contributed by atoms with Gasteiger partial charge >= 0.3 is 0 Å². The SMILES string of the molecule is CCc1nc2c(NC3CCCC3)ncnc2n1[C@@H]1O[C@H](CO)[C@@H](O)[C@H]1O. The van der Waals surface area contributed by atoms with Crippen LogP contribution in [0.5, 0.6) is 0 Å². The predicted octanol–water partition coefficient (Wildman–Crippen LogP) is 0.355. The summed E-state index contributed by atoms with van der Waals surface area (Å²) in [5, 5.41) is 33.3. The normalized spacial score (nSPS) is 29.7. The molecule has 0 aromatic carbocycles. The van der Waals surface area contributed by atoms with Gasteiger partial charge in [0.2, 0.25) is 0 Å². The highest BCUT2D eigenvalue weighted by atomic mass is 16.6. The molecule has 1 aliphatic carbocycles. The van der Waals surface area contributed by atoms with Crippen LogP contribution in [0.1, 0.15) is 44.7 Å². The molecule has 4 N–H and O–H groups in total. The van der Waals surface area contributed by atoms with Gasteiger partial charge in [-0.05, 0) is 12.8 Å². The lowest BCUT2D eigenvalue weighted by Crippen LogP contribution is -2.33. The molecule has 0 spiro atoms. The molecule has 1 aliphatic heterocycles. The first-order valence-electron chi connectivity index (χ1n) is 9.24. The summed E-state index contributed by atoms with van der Waals surface area (Å²) in [4.78, 5) is 13.4. The van der Waals surface area contributed by atoms with Crippen LogP contribution in [0.3, 0.4) is 0 Å².